The van der Waals surface area contributed by atoms with E-state index in [0.717, 1.165) is 28.1 Å². The van der Waals surface area contributed by atoms with Gasteiger partial charge in [-0.25, -0.2) is 0 Å². The van der Waals surface area contributed by atoms with Crippen LogP contribution in [0.15, 0.2) is 48.5 Å². The predicted molar refractivity (Wildman–Crippen MR) is 94.6 cm³/mol. The summed E-state index contributed by atoms with van der Waals surface area (Å²) < 4.78 is 0. The Labute approximate surface area is 145 Å². The Morgan fingerprint density at radius 3 is 2.50 bits per heavy atom. The van der Waals surface area contributed by atoms with E-state index in [1.54, 1.807) is 4.90 Å². The van der Waals surface area contributed by atoms with Crippen LogP contribution in [0.4, 0.5) is 5.69 Å². The monoisotopic (exact) mass is 337 g/mol. The molecule has 0 unspecified atom stereocenters. The van der Waals surface area contributed by atoms with Crippen molar-refractivity contribution in [3.63, 3.8) is 0 Å². The van der Waals surface area contributed by atoms with Gasteiger partial charge in [-0.2, -0.15) is 5.10 Å². The molecule has 120 valence electrons. The summed E-state index contributed by atoms with van der Waals surface area (Å²) in [5.74, 6) is -0.108. The fourth-order valence-electron chi connectivity index (χ4n) is 3.26. The minimum atomic E-state index is -0.275. The lowest BCUT2D eigenvalue weighted by molar-refractivity contribution is 0.0989. The van der Waals surface area contributed by atoms with Gasteiger partial charge in [0.05, 0.1) is 6.04 Å². The van der Waals surface area contributed by atoms with Crippen LogP contribution in [0.2, 0.25) is 5.02 Å². The van der Waals surface area contributed by atoms with Gasteiger partial charge in [0.1, 0.15) is 0 Å². The van der Waals surface area contributed by atoms with Gasteiger partial charge in [0.25, 0.3) is 5.91 Å². The number of H-pyrrole nitrogens is 1. The zero-order valence-electron chi connectivity index (χ0n) is 13.4. The van der Waals surface area contributed by atoms with Gasteiger partial charge in [0.2, 0.25) is 0 Å². The third-order valence-electron chi connectivity index (χ3n) is 4.46. The maximum Gasteiger partial charge on any atom is 0.280 e. The Bertz CT molecular complexity index is 930. The first-order valence-electron chi connectivity index (χ1n) is 7.77. The summed E-state index contributed by atoms with van der Waals surface area (Å²) in [7, 11) is 0. The standard InChI is InChI=1S/C19H16ClN3O/c1-11-7-9-13(10-8-11)23-18(14-5-3-4-6-15(14)20)16-12(2)21-22-17(16)19(23)24/h3-10,18H,1-2H3,(H,21,22)/t18-/m0/s1. The minimum absolute atomic E-state index is 0.108. The number of amides is 1. The first-order chi connectivity index (χ1) is 11.6. The minimum Gasteiger partial charge on any atom is -0.295 e. The summed E-state index contributed by atoms with van der Waals surface area (Å²) in [5, 5.41) is 7.79. The topological polar surface area (TPSA) is 49.0 Å². The summed E-state index contributed by atoms with van der Waals surface area (Å²) in [5.41, 5.74) is 5.14. The number of aromatic amines is 1. The van der Waals surface area contributed by atoms with Crippen LogP contribution in [0.25, 0.3) is 0 Å². The molecule has 1 N–H and O–H groups in total. The third kappa shape index (κ3) is 2.14. The van der Waals surface area contributed by atoms with Gasteiger partial charge >= 0.3 is 0 Å². The summed E-state index contributed by atoms with van der Waals surface area (Å²) in [4.78, 5) is 14.8. The van der Waals surface area contributed by atoms with Crippen molar-refractivity contribution in [1.29, 1.82) is 0 Å². The lowest BCUT2D eigenvalue weighted by Gasteiger charge is -2.27. The molecule has 1 atom stereocenters. The lowest BCUT2D eigenvalue weighted by atomic mass is 9.99. The molecule has 2 heterocycles. The number of nitrogens with zero attached hydrogens (tertiary/aromatic N) is 2. The molecular weight excluding hydrogens is 322 g/mol. The molecule has 0 bridgehead atoms. The number of carbonyl (C=O) groups is 1. The number of halogens is 1. The third-order valence-corrected chi connectivity index (χ3v) is 4.80. The highest BCUT2D eigenvalue weighted by Crippen LogP contribution is 2.44. The number of anilines is 1. The molecule has 1 aromatic heterocycles. The van der Waals surface area contributed by atoms with Crippen molar-refractivity contribution in [2.24, 2.45) is 0 Å². The Balaban J connectivity index is 1.94. The van der Waals surface area contributed by atoms with E-state index < -0.39 is 0 Å². The average molecular weight is 338 g/mol. The van der Waals surface area contributed by atoms with Crippen LogP contribution in [0.1, 0.15) is 38.9 Å². The molecule has 1 aliphatic rings. The summed E-state index contributed by atoms with van der Waals surface area (Å²) in [6, 6.07) is 15.3. The number of benzene rings is 2. The predicted octanol–water partition coefficient (Wildman–Crippen LogP) is 4.43. The van der Waals surface area contributed by atoms with Crippen molar-refractivity contribution in [2.75, 3.05) is 4.90 Å². The quantitative estimate of drug-likeness (QED) is 0.752. The first kappa shape index (κ1) is 15.0. The van der Waals surface area contributed by atoms with E-state index in [-0.39, 0.29) is 11.9 Å². The molecular formula is C19H16ClN3O. The van der Waals surface area contributed by atoms with Crippen LogP contribution in [0.5, 0.6) is 0 Å². The molecule has 2 aromatic carbocycles. The van der Waals surface area contributed by atoms with Crippen molar-refractivity contribution in [1.82, 2.24) is 10.2 Å². The molecule has 4 nitrogen and oxygen atoms in total. The fourth-order valence-corrected chi connectivity index (χ4v) is 3.50. The lowest BCUT2D eigenvalue weighted by Crippen LogP contribution is -2.29. The number of fused-ring (bicyclic) bond motifs is 1. The van der Waals surface area contributed by atoms with Gasteiger partial charge in [-0.1, -0.05) is 47.5 Å². The second-order valence-electron chi connectivity index (χ2n) is 6.05. The van der Waals surface area contributed by atoms with Crippen LogP contribution < -0.4 is 4.90 Å². The fraction of sp³-hybridized carbons (Fsp3) is 0.158. The van der Waals surface area contributed by atoms with E-state index in [1.165, 1.54) is 0 Å². The Morgan fingerprint density at radius 1 is 1.08 bits per heavy atom. The molecule has 5 heteroatoms. The molecule has 0 saturated heterocycles. The van der Waals surface area contributed by atoms with E-state index >= 15 is 0 Å². The van der Waals surface area contributed by atoms with Gasteiger partial charge in [-0.15, -0.1) is 0 Å². The normalized spacial score (nSPS) is 16.5. The molecule has 0 saturated carbocycles. The molecule has 24 heavy (non-hydrogen) atoms. The smallest absolute Gasteiger partial charge is 0.280 e. The van der Waals surface area contributed by atoms with Gasteiger partial charge in [-0.05, 0) is 37.6 Å². The number of carbonyl (C=O) groups excluding carboxylic acids is 1. The zero-order valence-corrected chi connectivity index (χ0v) is 14.1. The van der Waals surface area contributed by atoms with Crippen molar-refractivity contribution in [2.45, 2.75) is 19.9 Å². The van der Waals surface area contributed by atoms with Crippen molar-refractivity contribution < 1.29 is 4.79 Å². The SMILES string of the molecule is Cc1ccc(N2C(=O)c3n[nH]c(C)c3[C@@H]2c2ccccc2Cl)cc1. The largest absolute Gasteiger partial charge is 0.295 e. The number of aromatic nitrogens is 2. The summed E-state index contributed by atoms with van der Waals surface area (Å²) >= 11 is 6.45. The van der Waals surface area contributed by atoms with Crippen LogP contribution in [-0.4, -0.2) is 16.1 Å². The van der Waals surface area contributed by atoms with Gasteiger partial charge < -0.3 is 0 Å². The second-order valence-corrected chi connectivity index (χ2v) is 6.45. The van der Waals surface area contributed by atoms with E-state index in [0.29, 0.717) is 10.7 Å². The zero-order chi connectivity index (χ0) is 16.8. The first-order valence-corrected chi connectivity index (χ1v) is 8.15. The number of nitrogens with one attached hydrogen (secondary N) is 1. The van der Waals surface area contributed by atoms with Crippen LogP contribution in [-0.2, 0) is 0 Å². The van der Waals surface area contributed by atoms with Crippen LogP contribution >= 0.6 is 11.6 Å². The van der Waals surface area contributed by atoms with Crippen LogP contribution in [0.3, 0.4) is 0 Å². The second kappa shape index (κ2) is 5.49. The maximum atomic E-state index is 13.0. The Hall–Kier alpha value is -2.59. The van der Waals surface area contributed by atoms with E-state index in [1.807, 2.05) is 62.4 Å². The molecule has 0 radical (unpaired) electrons. The van der Waals surface area contributed by atoms with Crippen molar-refractivity contribution in [3.05, 3.63) is 81.6 Å². The molecule has 1 aliphatic heterocycles. The van der Waals surface area contributed by atoms with Gasteiger partial charge in [-0.3, -0.25) is 14.8 Å². The Kier molecular flexibility index (Phi) is 3.43. The summed E-state index contributed by atoms with van der Waals surface area (Å²) in [6.07, 6.45) is 0. The number of hydrogen-bond donors (Lipinski definition) is 1. The van der Waals surface area contributed by atoms with Crippen molar-refractivity contribution >= 4 is 23.2 Å². The number of hydrogen-bond acceptors (Lipinski definition) is 2. The molecule has 3 aromatic rings. The molecule has 0 aliphatic carbocycles. The van der Waals surface area contributed by atoms with Gasteiger partial charge in [0, 0.05) is 22.0 Å². The molecule has 4 rings (SSSR count). The van der Waals surface area contributed by atoms with E-state index in [2.05, 4.69) is 10.2 Å². The van der Waals surface area contributed by atoms with Gasteiger partial charge in [0.15, 0.2) is 5.69 Å². The van der Waals surface area contributed by atoms with E-state index in [4.69, 9.17) is 11.6 Å². The molecule has 0 spiro atoms. The van der Waals surface area contributed by atoms with E-state index in [9.17, 15) is 4.79 Å². The average Bonchev–Trinajstić information content (AvgIpc) is 3.08. The maximum absolute atomic E-state index is 13.0. The molecule has 0 fully saturated rings. The highest BCUT2D eigenvalue weighted by molar-refractivity contribution is 6.31. The highest BCUT2D eigenvalue weighted by atomic mass is 35.5. The van der Waals surface area contributed by atoms with Crippen molar-refractivity contribution in [3.8, 4) is 0 Å². The molecule has 1 amide bonds. The number of rotatable bonds is 2. The number of aryl methyl sites for hydroxylation is 2. The summed E-state index contributed by atoms with van der Waals surface area (Å²) in [6.45, 7) is 3.96. The van der Waals surface area contributed by atoms with Crippen LogP contribution in [0, 0.1) is 13.8 Å². The Morgan fingerprint density at radius 2 is 1.79 bits per heavy atom. The highest BCUT2D eigenvalue weighted by Gasteiger charge is 2.42.